The van der Waals surface area contributed by atoms with Crippen LogP contribution < -0.4 is 0 Å². The van der Waals surface area contributed by atoms with E-state index in [9.17, 15) is 19.5 Å². The molecule has 2 rings (SSSR count). The number of rotatable bonds is 11. The van der Waals surface area contributed by atoms with Crippen molar-refractivity contribution < 1.29 is 23.3 Å². The number of carbonyl (C=O) groups excluding carboxylic acids is 1. The van der Waals surface area contributed by atoms with Crippen molar-refractivity contribution in [3.63, 3.8) is 0 Å². The largest absolute Gasteiger partial charge is 0.342 e. The van der Waals surface area contributed by atoms with E-state index in [1.807, 2.05) is 0 Å². The van der Waals surface area contributed by atoms with E-state index in [0.717, 1.165) is 4.47 Å². The number of carbonyl (C=O) groups is 1. The van der Waals surface area contributed by atoms with Gasteiger partial charge in [0.05, 0.1) is 19.1 Å². The summed E-state index contributed by atoms with van der Waals surface area (Å²) in [4.78, 5) is 24.4. The Morgan fingerprint density at radius 3 is 2.10 bits per heavy atom. The van der Waals surface area contributed by atoms with Gasteiger partial charge in [-0.25, -0.2) is 0 Å². The highest BCUT2D eigenvalue weighted by Gasteiger charge is 2.48. The van der Waals surface area contributed by atoms with Crippen molar-refractivity contribution in [2.24, 2.45) is 0 Å². The molecule has 0 N–H and O–H groups in total. The smallest absolute Gasteiger partial charge is 0.308 e. The normalized spacial score (nSPS) is 13.6. The molecule has 0 bridgehead atoms. The molecule has 9 heteroatoms. The standard InChI is InChI=1S/C20H23BrNO6P/c1-3-27-29(26,28-4-2)20(19(23)16-8-6-5-7-9-16)18(14-22(24)25)15-10-12-17(21)13-11-15/h5-13,18,20H,3-4,14H2,1-2H3/t18-,20+/m0/s1. The monoisotopic (exact) mass is 483 g/mol. The highest BCUT2D eigenvalue weighted by atomic mass is 79.9. The topological polar surface area (TPSA) is 95.7 Å². The van der Waals surface area contributed by atoms with Crippen molar-refractivity contribution in [3.8, 4) is 0 Å². The van der Waals surface area contributed by atoms with Gasteiger partial charge in [-0.3, -0.25) is 19.5 Å². The van der Waals surface area contributed by atoms with Gasteiger partial charge in [-0.05, 0) is 31.5 Å². The molecule has 0 aliphatic heterocycles. The summed E-state index contributed by atoms with van der Waals surface area (Å²) in [5.74, 6) is -1.50. The van der Waals surface area contributed by atoms with E-state index in [4.69, 9.17) is 9.05 Å². The molecule has 2 atom stereocenters. The molecule has 2 aromatic rings. The zero-order valence-corrected chi connectivity index (χ0v) is 18.7. The molecule has 0 saturated carbocycles. The minimum absolute atomic E-state index is 0.0430. The number of Topliss-reactive ketones (excluding diaryl/α,β-unsaturated/α-hetero) is 1. The fourth-order valence-electron chi connectivity index (χ4n) is 3.14. The van der Waals surface area contributed by atoms with Crippen molar-refractivity contribution in [1.29, 1.82) is 0 Å². The van der Waals surface area contributed by atoms with E-state index in [2.05, 4.69) is 15.9 Å². The summed E-state index contributed by atoms with van der Waals surface area (Å²) in [6.07, 6.45) is 0. The van der Waals surface area contributed by atoms with Crippen LogP contribution in [0.1, 0.15) is 35.7 Å². The number of halogens is 1. The van der Waals surface area contributed by atoms with Gasteiger partial charge in [0.25, 0.3) is 0 Å². The molecule has 0 aromatic heterocycles. The maximum Gasteiger partial charge on any atom is 0.342 e. The Labute approximate surface area is 178 Å². The highest BCUT2D eigenvalue weighted by molar-refractivity contribution is 9.10. The molecule has 29 heavy (non-hydrogen) atoms. The number of nitro groups is 1. The van der Waals surface area contributed by atoms with Gasteiger partial charge in [-0.15, -0.1) is 0 Å². The van der Waals surface area contributed by atoms with Gasteiger partial charge in [-0.1, -0.05) is 58.4 Å². The van der Waals surface area contributed by atoms with Gasteiger partial charge in [0.1, 0.15) is 5.66 Å². The third-order valence-corrected chi connectivity index (χ3v) is 7.35. The lowest BCUT2D eigenvalue weighted by Gasteiger charge is -2.30. The second-order valence-corrected chi connectivity index (χ2v) is 9.29. The molecule has 2 aromatic carbocycles. The molecule has 0 aliphatic carbocycles. The summed E-state index contributed by atoms with van der Waals surface area (Å²) >= 11 is 3.33. The van der Waals surface area contributed by atoms with E-state index in [1.165, 1.54) is 0 Å². The molecule has 0 heterocycles. The van der Waals surface area contributed by atoms with Crippen LogP contribution in [-0.2, 0) is 13.6 Å². The van der Waals surface area contributed by atoms with E-state index in [1.54, 1.807) is 68.4 Å². The summed E-state index contributed by atoms with van der Waals surface area (Å²) in [7, 11) is -4.01. The van der Waals surface area contributed by atoms with Crippen LogP contribution in [0.25, 0.3) is 0 Å². The third kappa shape index (κ3) is 6.06. The number of nitrogens with zero attached hydrogens (tertiary/aromatic N) is 1. The maximum atomic E-state index is 13.7. The summed E-state index contributed by atoms with van der Waals surface area (Å²) in [5.41, 5.74) is -0.544. The van der Waals surface area contributed by atoms with Gasteiger partial charge in [0, 0.05) is 15.0 Å². The van der Waals surface area contributed by atoms with Crippen molar-refractivity contribution >= 4 is 29.3 Å². The van der Waals surface area contributed by atoms with Crippen molar-refractivity contribution in [2.75, 3.05) is 19.8 Å². The molecule has 0 saturated heterocycles. The lowest BCUT2D eigenvalue weighted by Crippen LogP contribution is -2.34. The maximum absolute atomic E-state index is 13.7. The lowest BCUT2D eigenvalue weighted by molar-refractivity contribution is -0.483. The Kier molecular flexibility index (Phi) is 8.71. The second-order valence-electron chi connectivity index (χ2n) is 6.22. The molecule has 7 nitrogen and oxygen atoms in total. The van der Waals surface area contributed by atoms with Gasteiger partial charge >= 0.3 is 7.60 Å². The average Bonchev–Trinajstić information content (AvgIpc) is 2.68. The van der Waals surface area contributed by atoms with Crippen molar-refractivity contribution in [2.45, 2.75) is 25.4 Å². The predicted molar refractivity (Wildman–Crippen MR) is 114 cm³/mol. The first-order chi connectivity index (χ1) is 13.8. The van der Waals surface area contributed by atoms with Gasteiger partial charge in [0.2, 0.25) is 6.54 Å². The van der Waals surface area contributed by atoms with Crippen LogP contribution in [0.5, 0.6) is 0 Å². The Morgan fingerprint density at radius 2 is 1.62 bits per heavy atom. The van der Waals surface area contributed by atoms with Crippen LogP contribution in [0.3, 0.4) is 0 Å². The Morgan fingerprint density at radius 1 is 1.07 bits per heavy atom. The minimum atomic E-state index is -4.01. The van der Waals surface area contributed by atoms with Crippen LogP contribution >= 0.6 is 23.5 Å². The number of ketones is 1. The molecule has 0 spiro atoms. The van der Waals surface area contributed by atoms with Crippen LogP contribution in [0.4, 0.5) is 0 Å². The predicted octanol–water partition coefficient (Wildman–Crippen LogP) is 5.33. The first kappa shape index (κ1) is 23.4. The Balaban J connectivity index is 2.66. The van der Waals surface area contributed by atoms with Crippen LogP contribution in [0.2, 0.25) is 0 Å². The number of hydrogen-bond donors (Lipinski definition) is 0. The highest BCUT2D eigenvalue weighted by Crippen LogP contribution is 2.58. The minimum Gasteiger partial charge on any atom is -0.308 e. The zero-order valence-electron chi connectivity index (χ0n) is 16.2. The van der Waals surface area contributed by atoms with E-state index in [0.29, 0.717) is 11.1 Å². The van der Waals surface area contributed by atoms with E-state index < -0.39 is 36.4 Å². The summed E-state index contributed by atoms with van der Waals surface area (Å²) < 4.78 is 25.4. The van der Waals surface area contributed by atoms with Gasteiger partial charge in [0.15, 0.2) is 5.78 Å². The number of benzene rings is 2. The average molecular weight is 484 g/mol. The van der Waals surface area contributed by atoms with Crippen LogP contribution in [0.15, 0.2) is 59.1 Å². The summed E-state index contributed by atoms with van der Waals surface area (Å²) in [6.45, 7) is 2.77. The van der Waals surface area contributed by atoms with Gasteiger partial charge < -0.3 is 9.05 Å². The second kappa shape index (κ2) is 10.8. The molecule has 0 fully saturated rings. The lowest BCUT2D eigenvalue weighted by atomic mass is 9.91. The molecule has 0 amide bonds. The quantitative estimate of drug-likeness (QED) is 0.185. The SMILES string of the molecule is CCOP(=O)(OCC)[C@@H](C(=O)c1ccccc1)[C@@H](C[N+](=O)[O-])c1ccc(Br)cc1. The molecule has 156 valence electrons. The third-order valence-electron chi connectivity index (χ3n) is 4.31. The number of hydrogen-bond acceptors (Lipinski definition) is 6. The summed E-state index contributed by atoms with van der Waals surface area (Å²) in [6, 6.07) is 15.1. The first-order valence-corrected chi connectivity index (χ1v) is 11.6. The summed E-state index contributed by atoms with van der Waals surface area (Å²) in [5, 5.41) is 11.5. The van der Waals surface area contributed by atoms with Crippen molar-refractivity contribution in [1.82, 2.24) is 0 Å². The molecular formula is C20H23BrNO6P. The Hall–Kier alpha value is -1.86. The fourth-order valence-corrected chi connectivity index (χ4v) is 5.66. The van der Waals surface area contributed by atoms with Crippen molar-refractivity contribution in [3.05, 3.63) is 80.3 Å². The molecule has 0 aliphatic rings. The molecule has 0 radical (unpaired) electrons. The van der Waals surface area contributed by atoms with E-state index >= 15 is 0 Å². The molecular weight excluding hydrogens is 461 g/mol. The Bertz CT molecular complexity index is 864. The zero-order chi connectivity index (χ0) is 21.4. The molecule has 0 unspecified atom stereocenters. The van der Waals surface area contributed by atoms with Crippen LogP contribution in [-0.4, -0.2) is 36.1 Å². The fraction of sp³-hybridized carbons (Fsp3) is 0.350. The van der Waals surface area contributed by atoms with E-state index in [-0.39, 0.29) is 13.2 Å². The first-order valence-electron chi connectivity index (χ1n) is 9.17. The van der Waals surface area contributed by atoms with Crippen LogP contribution in [0, 0.1) is 10.1 Å². The van der Waals surface area contributed by atoms with Gasteiger partial charge in [-0.2, -0.15) is 0 Å².